The molecule has 0 fully saturated rings. The third-order valence-electron chi connectivity index (χ3n) is 17.4. The highest BCUT2D eigenvalue weighted by atomic mass is 32.2. The molecule has 2 atom stereocenters. The summed E-state index contributed by atoms with van der Waals surface area (Å²) in [6, 6.07) is 28.3. The highest BCUT2D eigenvalue weighted by molar-refractivity contribution is 7.89. The predicted octanol–water partition coefficient (Wildman–Crippen LogP) is 14.1. The Morgan fingerprint density at radius 1 is 0.424 bits per heavy atom. The van der Waals surface area contributed by atoms with E-state index in [0.717, 1.165) is 77.9 Å². The summed E-state index contributed by atoms with van der Waals surface area (Å²) in [5.74, 6) is 0.240. The highest BCUT2D eigenvalue weighted by Gasteiger charge is 2.32. The predicted molar refractivity (Wildman–Crippen MR) is 371 cm³/mol. The van der Waals surface area contributed by atoms with Gasteiger partial charge < -0.3 is 30.3 Å². The molecule has 92 heavy (non-hydrogen) atoms. The summed E-state index contributed by atoms with van der Waals surface area (Å²) in [6.45, 7) is 38.3. The minimum Gasteiger partial charge on any atom is -0.507 e. The van der Waals surface area contributed by atoms with Gasteiger partial charge in [-0.2, -0.15) is 9.44 Å². The Labute approximate surface area is 550 Å². The number of carbonyl (C=O) groups is 2. The van der Waals surface area contributed by atoms with Gasteiger partial charge in [-0.15, -0.1) is 0 Å². The molecule has 500 valence electrons. The van der Waals surface area contributed by atoms with Gasteiger partial charge in [0.1, 0.15) is 35.1 Å². The number of amides is 2. The van der Waals surface area contributed by atoms with Gasteiger partial charge in [0.25, 0.3) is 0 Å². The fraction of sp³-hybridized carbons (Fsp3) is 0.500. The second kappa shape index (κ2) is 29.3. The molecule has 7 rings (SSSR count). The van der Waals surface area contributed by atoms with Crippen molar-refractivity contribution in [2.75, 3.05) is 26.3 Å². The lowest BCUT2D eigenvalue weighted by Gasteiger charge is -2.28. The van der Waals surface area contributed by atoms with Crippen LogP contribution in [0, 0.1) is 25.7 Å². The fourth-order valence-electron chi connectivity index (χ4n) is 11.4. The molecule has 6 N–H and O–H groups in total. The monoisotopic (exact) mass is 1300 g/mol. The molecule has 16 heteroatoms. The zero-order valence-electron chi connectivity index (χ0n) is 58.0. The number of aryl methyl sites for hydroxylation is 2. The Morgan fingerprint density at radius 2 is 0.674 bits per heavy atom. The number of phenols is 2. The first-order valence-corrected chi connectivity index (χ1v) is 35.7. The summed E-state index contributed by atoms with van der Waals surface area (Å²) in [7, 11) is -7.92. The van der Waals surface area contributed by atoms with E-state index in [4.69, 9.17) is 9.47 Å². The Kier molecular flexibility index (Phi) is 23.1. The third-order valence-corrected chi connectivity index (χ3v) is 20.3. The smallest absolute Gasteiger partial charge is 0.241 e. The Hall–Kier alpha value is -6.72. The van der Waals surface area contributed by atoms with Crippen molar-refractivity contribution in [3.8, 4) is 23.0 Å². The van der Waals surface area contributed by atoms with Gasteiger partial charge in [-0.05, 0) is 164 Å². The number of rotatable bonds is 22. The van der Waals surface area contributed by atoms with Gasteiger partial charge in [0.05, 0.1) is 23.0 Å². The lowest BCUT2D eigenvalue weighted by molar-refractivity contribution is -0.124. The first-order valence-electron chi connectivity index (χ1n) is 32.8. The number of hydrogen-bond acceptors (Lipinski definition) is 10. The van der Waals surface area contributed by atoms with Crippen molar-refractivity contribution < 1.29 is 46.1 Å². The van der Waals surface area contributed by atoms with Crippen molar-refractivity contribution in [2.45, 2.75) is 220 Å². The van der Waals surface area contributed by atoms with Crippen molar-refractivity contribution in [2.24, 2.45) is 11.8 Å². The van der Waals surface area contributed by atoms with Crippen LogP contribution in [-0.4, -0.2) is 77.2 Å². The first-order chi connectivity index (χ1) is 42.7. The molecule has 8 bridgehead atoms. The molecular formula is C76H104N4O10S2. The molecule has 1 aliphatic carbocycles. The second-order valence-electron chi connectivity index (χ2n) is 30.2. The van der Waals surface area contributed by atoms with E-state index in [0.29, 0.717) is 76.0 Å². The fourth-order valence-corrected chi connectivity index (χ4v) is 14.0. The van der Waals surface area contributed by atoms with Gasteiger partial charge in [-0.1, -0.05) is 195 Å². The average Bonchev–Trinajstić information content (AvgIpc) is 0.780. The third kappa shape index (κ3) is 18.8. The molecule has 0 heterocycles. The van der Waals surface area contributed by atoms with Crippen molar-refractivity contribution >= 4 is 31.9 Å². The number of phenolic OH excluding ortho intramolecular Hbond substituents is 2. The van der Waals surface area contributed by atoms with Gasteiger partial charge >= 0.3 is 0 Å². The van der Waals surface area contributed by atoms with Crippen molar-refractivity contribution in [1.29, 1.82) is 0 Å². The molecule has 0 saturated heterocycles. The van der Waals surface area contributed by atoms with E-state index < -0.39 is 43.9 Å². The molecule has 14 nitrogen and oxygen atoms in total. The van der Waals surface area contributed by atoms with Crippen LogP contribution in [0.3, 0.4) is 0 Å². The Balaban J connectivity index is 1.24. The summed E-state index contributed by atoms with van der Waals surface area (Å²) in [4.78, 5) is 27.5. The maximum Gasteiger partial charge on any atom is 0.241 e. The first kappa shape index (κ1) is 72.7. The van der Waals surface area contributed by atoms with E-state index in [1.807, 2.05) is 41.5 Å². The van der Waals surface area contributed by atoms with E-state index in [-0.39, 0.29) is 68.0 Å². The largest absolute Gasteiger partial charge is 0.507 e. The topological polar surface area (TPSA) is 209 Å². The van der Waals surface area contributed by atoms with Gasteiger partial charge in [0.15, 0.2) is 0 Å². The van der Waals surface area contributed by atoms with Gasteiger partial charge in [0.2, 0.25) is 31.9 Å². The summed E-state index contributed by atoms with van der Waals surface area (Å²) >= 11 is 0. The maximum atomic E-state index is 13.7. The minimum atomic E-state index is -3.96. The molecule has 2 amide bonds. The van der Waals surface area contributed by atoms with Gasteiger partial charge in [-0.25, -0.2) is 16.8 Å². The molecule has 0 radical (unpaired) electrons. The van der Waals surface area contributed by atoms with Crippen LogP contribution in [0.5, 0.6) is 23.0 Å². The van der Waals surface area contributed by atoms with Crippen molar-refractivity contribution in [3.63, 3.8) is 0 Å². The van der Waals surface area contributed by atoms with Crippen LogP contribution in [0.15, 0.2) is 107 Å². The average molecular weight is 1300 g/mol. The molecule has 1 aliphatic rings. The number of unbranched alkanes of at least 4 members (excludes halogenated alkanes) is 2. The standard InChI is InChI=1S/C76H104N4O10S2/c1-47(2)65(79-91(85,86)63-27-23-49(5)24-28-63)71(83)77-31-19-21-33-89-69-55-35-51-39-59(73(7,8)9)41-53(67(51)81)37-57-45-62(76(16,17)18)46-58(38-54-42-60(74(10,11)12)40-52(68(54)82)36-56(69)44-61(43-55)75(13,14)15)70(57)90-34-22-20-32-78-72(84)66(48(3)4)80-92(87,88)64-29-25-50(6)26-30-64/h23-30,39-48,65-66,79-82H,19-22,31-38H2,1-18H3,(H,77,83)(H,78,84). The van der Waals surface area contributed by atoms with E-state index in [1.165, 1.54) is 24.3 Å². The molecule has 6 aromatic rings. The van der Waals surface area contributed by atoms with Gasteiger partial charge in [-0.3, -0.25) is 9.59 Å². The second-order valence-corrected chi connectivity index (χ2v) is 33.7. The van der Waals surface area contributed by atoms with Crippen molar-refractivity contribution in [3.05, 3.63) is 175 Å². The molecule has 6 aromatic carbocycles. The van der Waals surface area contributed by atoms with E-state index in [2.05, 4.69) is 152 Å². The SMILES string of the molecule is Cc1ccc(S(=O)(=O)NC(C(=O)NCCCCOc2c3cc(C(C)(C)C)cc2Cc2cc(C(C)(C)C)cc(c2O)Cc2cc(C(C)(C)C)cc(c2OCCCCNC(=O)C(NS(=O)(=O)c2ccc(C)cc2)C(C)C)Cc2cc(C(C)(C)C)cc(c2O)C3)C(C)C)cc1. The lowest BCUT2D eigenvalue weighted by atomic mass is 9.79. The zero-order chi connectivity index (χ0) is 68.1. The maximum absolute atomic E-state index is 13.7. The van der Waals surface area contributed by atoms with Crippen molar-refractivity contribution in [1.82, 2.24) is 20.1 Å². The summed E-state index contributed by atoms with van der Waals surface area (Å²) in [6.07, 6.45) is 3.50. The quantitative estimate of drug-likeness (QED) is 0.0354. The molecule has 0 aliphatic heterocycles. The molecule has 2 unspecified atom stereocenters. The number of ether oxygens (including phenoxy) is 2. The van der Waals surface area contributed by atoms with E-state index in [1.54, 1.807) is 24.3 Å². The Bertz CT molecular complexity index is 3480. The molecule has 0 saturated carbocycles. The van der Waals surface area contributed by atoms with Crippen LogP contribution >= 0.6 is 0 Å². The van der Waals surface area contributed by atoms with Crippen LogP contribution in [0.25, 0.3) is 0 Å². The lowest BCUT2D eigenvalue weighted by Crippen LogP contribution is -2.49. The Morgan fingerprint density at radius 3 is 0.913 bits per heavy atom. The normalized spacial score (nSPS) is 14.0. The minimum absolute atomic E-state index is 0.0947. The summed E-state index contributed by atoms with van der Waals surface area (Å²) in [5, 5.41) is 31.7. The summed E-state index contributed by atoms with van der Waals surface area (Å²) in [5.41, 5.74) is 11.3. The zero-order valence-corrected chi connectivity index (χ0v) is 59.6. The van der Waals surface area contributed by atoms with Crippen LogP contribution in [0.1, 0.15) is 214 Å². The number of nitrogens with one attached hydrogen (secondary N) is 4. The van der Waals surface area contributed by atoms with E-state index >= 15 is 0 Å². The molecular weight excluding hydrogens is 1190 g/mol. The van der Waals surface area contributed by atoms with Gasteiger partial charge in [0, 0.05) is 38.8 Å². The molecule has 0 aromatic heterocycles. The number of hydrogen-bond donors (Lipinski definition) is 6. The number of carbonyl (C=O) groups excluding carboxylic acids is 2. The number of fused-ring (bicyclic) bond motifs is 8. The number of sulfonamides is 2. The van der Waals surface area contributed by atoms with Crippen LogP contribution in [0.2, 0.25) is 0 Å². The van der Waals surface area contributed by atoms with Crippen LogP contribution in [0.4, 0.5) is 0 Å². The van der Waals surface area contributed by atoms with Crippen LogP contribution in [-0.2, 0) is 77.0 Å². The summed E-state index contributed by atoms with van der Waals surface area (Å²) < 4.78 is 72.8. The van der Waals surface area contributed by atoms with Crippen LogP contribution < -0.4 is 29.6 Å². The van der Waals surface area contributed by atoms with E-state index in [9.17, 15) is 36.6 Å². The number of benzene rings is 6. The highest BCUT2D eigenvalue weighted by Crippen LogP contribution is 2.44. The molecule has 0 spiro atoms. The number of aromatic hydroxyl groups is 2.